The van der Waals surface area contributed by atoms with Gasteiger partial charge in [-0.1, -0.05) is 70.6 Å². The first kappa shape index (κ1) is 25.5. The summed E-state index contributed by atoms with van der Waals surface area (Å²) in [6, 6.07) is 11.6. The fourth-order valence-corrected chi connectivity index (χ4v) is 3.85. The molecule has 0 bridgehead atoms. The Kier molecular flexibility index (Phi) is 10.2. The van der Waals surface area contributed by atoms with Crippen molar-refractivity contribution in [1.29, 1.82) is 0 Å². The number of nitrogens with zero attached hydrogens (tertiary/aromatic N) is 2. The van der Waals surface area contributed by atoms with Crippen LogP contribution < -0.4 is 4.74 Å². The second-order valence-corrected chi connectivity index (χ2v) is 8.76. The Balaban J connectivity index is 1.55. The first-order chi connectivity index (χ1) is 16.6. The maximum absolute atomic E-state index is 14.4. The van der Waals surface area contributed by atoms with E-state index in [-0.39, 0.29) is 11.6 Å². The number of unbranched alkanes of at least 4 members (excludes halogenated alkanes) is 6. The molecule has 180 valence electrons. The number of hydrogen-bond acceptors (Lipinski definition) is 4. The van der Waals surface area contributed by atoms with E-state index in [1.54, 1.807) is 36.4 Å². The van der Waals surface area contributed by atoms with Crippen LogP contribution in [0.2, 0.25) is 0 Å². The van der Waals surface area contributed by atoms with Gasteiger partial charge in [-0.3, -0.25) is 0 Å². The highest BCUT2D eigenvalue weighted by Gasteiger charge is 2.12. The molecule has 0 aliphatic rings. The second kappa shape index (κ2) is 13.6. The standard InChI is InChI=1S/C29H35FN2O2/c1-3-5-7-8-10-12-23-17-18-26(19-27(23)30)34-29(33)25-15-13-24(14-16-25)28-31-20-22(21-32-28)11-9-6-4-2/h13-21H,3-12H2,1-2H3. The SMILES string of the molecule is CCCCCCCc1ccc(OC(=O)c2ccc(-c3ncc(CCCCC)cn3)cc2)cc1F. The zero-order chi connectivity index (χ0) is 24.2. The fraction of sp³-hybridized carbons (Fsp3) is 0.414. The lowest BCUT2D eigenvalue weighted by atomic mass is 10.0. The molecule has 0 N–H and O–H groups in total. The number of aryl methyl sites for hydroxylation is 2. The minimum absolute atomic E-state index is 0.211. The molecule has 0 saturated carbocycles. The van der Waals surface area contributed by atoms with Crippen molar-refractivity contribution in [2.24, 2.45) is 0 Å². The van der Waals surface area contributed by atoms with Gasteiger partial charge in [0, 0.05) is 24.0 Å². The third-order valence-corrected chi connectivity index (χ3v) is 5.94. The van der Waals surface area contributed by atoms with Crippen molar-refractivity contribution in [2.75, 3.05) is 0 Å². The number of hydrogen-bond donors (Lipinski definition) is 0. The molecule has 0 radical (unpaired) electrons. The number of halogens is 1. The van der Waals surface area contributed by atoms with Crippen LogP contribution in [0.4, 0.5) is 4.39 Å². The summed E-state index contributed by atoms with van der Waals surface area (Å²) in [5.41, 5.74) is 3.01. The number of ether oxygens (including phenoxy) is 1. The molecule has 5 heteroatoms. The first-order valence-electron chi connectivity index (χ1n) is 12.5. The quantitative estimate of drug-likeness (QED) is 0.148. The summed E-state index contributed by atoms with van der Waals surface area (Å²) < 4.78 is 19.8. The lowest BCUT2D eigenvalue weighted by Crippen LogP contribution is -2.09. The van der Waals surface area contributed by atoms with Crippen LogP contribution in [0.1, 0.15) is 86.7 Å². The molecule has 0 unspecified atom stereocenters. The molecular formula is C29H35FN2O2. The van der Waals surface area contributed by atoms with E-state index in [9.17, 15) is 9.18 Å². The maximum Gasteiger partial charge on any atom is 0.343 e. The molecule has 4 nitrogen and oxygen atoms in total. The van der Waals surface area contributed by atoms with Gasteiger partial charge in [-0.2, -0.15) is 0 Å². The number of benzene rings is 2. The Morgan fingerprint density at radius 2 is 1.47 bits per heavy atom. The Morgan fingerprint density at radius 1 is 0.824 bits per heavy atom. The van der Waals surface area contributed by atoms with E-state index < -0.39 is 5.97 Å². The molecule has 0 atom stereocenters. The fourth-order valence-electron chi connectivity index (χ4n) is 3.85. The number of carbonyl (C=O) groups is 1. The maximum atomic E-state index is 14.4. The van der Waals surface area contributed by atoms with E-state index in [0.29, 0.717) is 23.4 Å². The third kappa shape index (κ3) is 7.75. The summed E-state index contributed by atoms with van der Waals surface area (Å²) in [5, 5.41) is 0. The van der Waals surface area contributed by atoms with Crippen LogP contribution in [0.15, 0.2) is 54.9 Å². The molecule has 2 aromatic carbocycles. The van der Waals surface area contributed by atoms with Gasteiger partial charge in [0.05, 0.1) is 5.56 Å². The highest BCUT2D eigenvalue weighted by Crippen LogP contribution is 2.21. The molecule has 1 heterocycles. The zero-order valence-corrected chi connectivity index (χ0v) is 20.4. The number of aromatic nitrogens is 2. The van der Waals surface area contributed by atoms with Crippen LogP contribution in [-0.2, 0) is 12.8 Å². The average Bonchev–Trinajstić information content (AvgIpc) is 2.86. The zero-order valence-electron chi connectivity index (χ0n) is 20.4. The monoisotopic (exact) mass is 462 g/mol. The molecule has 0 amide bonds. The van der Waals surface area contributed by atoms with E-state index >= 15 is 0 Å². The normalized spacial score (nSPS) is 10.9. The molecule has 34 heavy (non-hydrogen) atoms. The van der Waals surface area contributed by atoms with Crippen LogP contribution in [0.3, 0.4) is 0 Å². The number of esters is 1. The van der Waals surface area contributed by atoms with E-state index in [0.717, 1.165) is 36.8 Å². The molecule has 0 spiro atoms. The Hall–Kier alpha value is -3.08. The van der Waals surface area contributed by atoms with Gasteiger partial charge in [0.1, 0.15) is 11.6 Å². The van der Waals surface area contributed by atoms with Crippen molar-refractivity contribution < 1.29 is 13.9 Å². The summed E-state index contributed by atoms with van der Waals surface area (Å²) in [6.07, 6.45) is 14.6. The van der Waals surface area contributed by atoms with Crippen LogP contribution in [0, 0.1) is 5.82 Å². The predicted molar refractivity (Wildman–Crippen MR) is 135 cm³/mol. The van der Waals surface area contributed by atoms with E-state index in [1.807, 2.05) is 12.4 Å². The van der Waals surface area contributed by atoms with Crippen molar-refractivity contribution in [1.82, 2.24) is 9.97 Å². The molecule has 0 aliphatic heterocycles. The lowest BCUT2D eigenvalue weighted by Gasteiger charge is -2.08. The molecule has 3 aromatic rings. The van der Waals surface area contributed by atoms with E-state index in [4.69, 9.17) is 4.74 Å². The highest BCUT2D eigenvalue weighted by molar-refractivity contribution is 5.91. The Bertz CT molecular complexity index is 1030. The van der Waals surface area contributed by atoms with Gasteiger partial charge in [-0.25, -0.2) is 19.2 Å². The largest absolute Gasteiger partial charge is 0.423 e. The predicted octanol–water partition coefficient (Wildman–Crippen LogP) is 7.75. The van der Waals surface area contributed by atoms with Gasteiger partial charge < -0.3 is 4.74 Å². The molecule has 0 saturated heterocycles. The van der Waals surface area contributed by atoms with Gasteiger partial charge >= 0.3 is 5.97 Å². The lowest BCUT2D eigenvalue weighted by molar-refractivity contribution is 0.0734. The van der Waals surface area contributed by atoms with Crippen LogP contribution in [0.5, 0.6) is 5.75 Å². The summed E-state index contributed by atoms with van der Waals surface area (Å²) in [6.45, 7) is 4.36. The third-order valence-electron chi connectivity index (χ3n) is 5.94. The highest BCUT2D eigenvalue weighted by atomic mass is 19.1. The van der Waals surface area contributed by atoms with E-state index in [2.05, 4.69) is 23.8 Å². The summed E-state index contributed by atoms with van der Waals surface area (Å²) in [4.78, 5) is 21.4. The molecule has 0 fully saturated rings. The van der Waals surface area contributed by atoms with Crippen molar-refractivity contribution in [3.8, 4) is 17.1 Å². The molecule has 1 aromatic heterocycles. The topological polar surface area (TPSA) is 52.1 Å². The summed E-state index contributed by atoms with van der Waals surface area (Å²) in [5.74, 6) is -0.0216. The van der Waals surface area contributed by atoms with Crippen molar-refractivity contribution in [3.63, 3.8) is 0 Å². The summed E-state index contributed by atoms with van der Waals surface area (Å²) in [7, 11) is 0. The Labute approximate surface area is 202 Å². The van der Waals surface area contributed by atoms with Gasteiger partial charge in [-0.15, -0.1) is 0 Å². The molecular weight excluding hydrogens is 427 g/mol. The average molecular weight is 463 g/mol. The Morgan fingerprint density at radius 3 is 2.15 bits per heavy atom. The summed E-state index contributed by atoms with van der Waals surface area (Å²) >= 11 is 0. The van der Waals surface area contributed by atoms with Crippen molar-refractivity contribution in [3.05, 3.63) is 77.4 Å². The van der Waals surface area contributed by atoms with E-state index in [1.165, 1.54) is 38.2 Å². The van der Waals surface area contributed by atoms with Gasteiger partial charge in [0.15, 0.2) is 5.82 Å². The number of carbonyl (C=O) groups excluding carboxylic acids is 1. The molecule has 0 aliphatic carbocycles. The van der Waals surface area contributed by atoms with Crippen LogP contribution >= 0.6 is 0 Å². The first-order valence-corrected chi connectivity index (χ1v) is 12.5. The van der Waals surface area contributed by atoms with Gasteiger partial charge in [0.2, 0.25) is 0 Å². The minimum Gasteiger partial charge on any atom is -0.423 e. The van der Waals surface area contributed by atoms with Crippen LogP contribution in [-0.4, -0.2) is 15.9 Å². The second-order valence-electron chi connectivity index (χ2n) is 8.76. The van der Waals surface area contributed by atoms with Crippen LogP contribution in [0.25, 0.3) is 11.4 Å². The minimum atomic E-state index is -0.523. The molecule has 3 rings (SSSR count). The smallest absolute Gasteiger partial charge is 0.343 e. The number of rotatable bonds is 13. The van der Waals surface area contributed by atoms with Gasteiger partial charge in [-0.05, 0) is 55.0 Å². The van der Waals surface area contributed by atoms with Gasteiger partial charge in [0.25, 0.3) is 0 Å². The van der Waals surface area contributed by atoms with Crippen molar-refractivity contribution in [2.45, 2.75) is 78.1 Å². The van der Waals surface area contributed by atoms with Crippen molar-refractivity contribution >= 4 is 5.97 Å².